The van der Waals surface area contributed by atoms with Crippen molar-refractivity contribution in [1.82, 2.24) is 4.31 Å². The van der Waals surface area contributed by atoms with Crippen LogP contribution in [0.25, 0.3) is 0 Å². The number of carbonyl (C=O) groups is 1. The molecular formula is C17H28N2O4S. The Kier molecular flexibility index (Phi) is 8.21. The summed E-state index contributed by atoms with van der Waals surface area (Å²) in [5.41, 5.74) is 0.593. The number of benzene rings is 1. The third kappa shape index (κ3) is 7.31. The molecule has 0 bridgehead atoms. The lowest BCUT2D eigenvalue weighted by Crippen LogP contribution is -2.33. The zero-order valence-corrected chi connectivity index (χ0v) is 15.7. The Morgan fingerprint density at radius 1 is 1.25 bits per heavy atom. The van der Waals surface area contributed by atoms with Crippen LogP contribution in [-0.4, -0.2) is 44.1 Å². The number of hydrogen-bond donors (Lipinski definition) is 1. The van der Waals surface area contributed by atoms with Gasteiger partial charge in [-0.15, -0.1) is 0 Å². The molecule has 0 radical (unpaired) electrons. The summed E-state index contributed by atoms with van der Waals surface area (Å²) in [4.78, 5) is 12.2. The molecule has 0 spiro atoms. The van der Waals surface area contributed by atoms with Crippen molar-refractivity contribution in [3.8, 4) is 5.75 Å². The number of amides is 1. The van der Waals surface area contributed by atoms with Crippen molar-refractivity contribution in [2.24, 2.45) is 0 Å². The highest BCUT2D eigenvalue weighted by molar-refractivity contribution is 7.88. The van der Waals surface area contributed by atoms with Crippen LogP contribution in [0.4, 0.5) is 5.69 Å². The van der Waals surface area contributed by atoms with Gasteiger partial charge in [0.15, 0.2) is 0 Å². The SMILES string of the molecule is CCCCN(CCC(=O)Nc1ccccc1OC(C)C)S(C)(=O)=O. The highest BCUT2D eigenvalue weighted by Gasteiger charge is 2.17. The molecule has 0 atom stereocenters. The van der Waals surface area contributed by atoms with Crippen LogP contribution in [0.5, 0.6) is 5.75 Å². The van der Waals surface area contributed by atoms with Gasteiger partial charge in [0.25, 0.3) is 0 Å². The summed E-state index contributed by atoms with van der Waals surface area (Å²) in [7, 11) is -3.30. The van der Waals surface area contributed by atoms with Crippen LogP contribution in [0.2, 0.25) is 0 Å². The molecule has 1 aromatic carbocycles. The van der Waals surface area contributed by atoms with Crippen LogP contribution in [0.15, 0.2) is 24.3 Å². The van der Waals surface area contributed by atoms with E-state index in [1.165, 1.54) is 10.6 Å². The van der Waals surface area contributed by atoms with Gasteiger partial charge in [-0.3, -0.25) is 4.79 Å². The predicted molar refractivity (Wildman–Crippen MR) is 96.8 cm³/mol. The van der Waals surface area contributed by atoms with Crippen LogP contribution in [0.1, 0.15) is 40.0 Å². The fraction of sp³-hybridized carbons (Fsp3) is 0.588. The summed E-state index contributed by atoms with van der Waals surface area (Å²) in [5, 5.41) is 2.79. The minimum Gasteiger partial charge on any atom is -0.489 e. The third-order valence-electron chi connectivity index (χ3n) is 3.34. The molecule has 0 saturated heterocycles. The molecule has 7 heteroatoms. The Hall–Kier alpha value is -1.60. The van der Waals surface area contributed by atoms with E-state index in [1.807, 2.05) is 32.9 Å². The molecule has 24 heavy (non-hydrogen) atoms. The number of hydrogen-bond acceptors (Lipinski definition) is 4. The van der Waals surface area contributed by atoms with Crippen molar-refractivity contribution in [1.29, 1.82) is 0 Å². The smallest absolute Gasteiger partial charge is 0.225 e. The highest BCUT2D eigenvalue weighted by atomic mass is 32.2. The summed E-state index contributed by atoms with van der Waals surface area (Å²) >= 11 is 0. The molecular weight excluding hydrogens is 328 g/mol. The summed E-state index contributed by atoms with van der Waals surface area (Å²) < 4.78 is 30.5. The second-order valence-corrected chi connectivity index (χ2v) is 7.96. The Bertz CT molecular complexity index is 629. The van der Waals surface area contributed by atoms with E-state index < -0.39 is 10.0 Å². The molecule has 0 fully saturated rings. The topological polar surface area (TPSA) is 75.7 Å². The van der Waals surface area contributed by atoms with E-state index in [2.05, 4.69) is 5.32 Å². The molecule has 0 heterocycles. The van der Waals surface area contributed by atoms with E-state index in [0.717, 1.165) is 12.8 Å². The monoisotopic (exact) mass is 356 g/mol. The average molecular weight is 356 g/mol. The number of para-hydroxylation sites is 2. The van der Waals surface area contributed by atoms with Crippen molar-refractivity contribution in [2.75, 3.05) is 24.7 Å². The molecule has 1 N–H and O–H groups in total. The van der Waals surface area contributed by atoms with E-state index in [0.29, 0.717) is 18.0 Å². The molecule has 1 amide bonds. The first-order valence-corrected chi connectivity index (χ1v) is 10.1. The molecule has 0 aliphatic heterocycles. The van der Waals surface area contributed by atoms with E-state index >= 15 is 0 Å². The Morgan fingerprint density at radius 2 is 1.92 bits per heavy atom. The number of nitrogens with one attached hydrogen (secondary N) is 1. The Morgan fingerprint density at radius 3 is 2.50 bits per heavy atom. The quantitative estimate of drug-likeness (QED) is 0.699. The van der Waals surface area contributed by atoms with Gasteiger partial charge in [0.1, 0.15) is 5.75 Å². The average Bonchev–Trinajstić information content (AvgIpc) is 2.47. The molecule has 1 rings (SSSR count). The molecule has 0 aliphatic carbocycles. The predicted octanol–water partition coefficient (Wildman–Crippen LogP) is 2.86. The number of ether oxygens (including phenoxy) is 1. The van der Waals surface area contributed by atoms with Crippen molar-refractivity contribution < 1.29 is 17.9 Å². The molecule has 0 unspecified atom stereocenters. The van der Waals surface area contributed by atoms with Gasteiger partial charge >= 0.3 is 0 Å². The molecule has 0 aliphatic rings. The summed E-state index contributed by atoms with van der Waals surface area (Å²) in [6.07, 6.45) is 2.95. The van der Waals surface area contributed by atoms with Crippen molar-refractivity contribution in [3.63, 3.8) is 0 Å². The van der Waals surface area contributed by atoms with Crippen molar-refractivity contribution >= 4 is 21.6 Å². The summed E-state index contributed by atoms with van der Waals surface area (Å²) in [6, 6.07) is 7.21. The van der Waals surface area contributed by atoms with E-state index in [-0.39, 0.29) is 25.0 Å². The fourth-order valence-electron chi connectivity index (χ4n) is 2.14. The number of anilines is 1. The molecule has 6 nitrogen and oxygen atoms in total. The largest absolute Gasteiger partial charge is 0.489 e. The summed E-state index contributed by atoms with van der Waals surface area (Å²) in [6.45, 7) is 6.44. The Balaban J connectivity index is 2.66. The normalized spacial score (nSPS) is 11.8. The lowest BCUT2D eigenvalue weighted by molar-refractivity contribution is -0.116. The van der Waals surface area contributed by atoms with Crippen LogP contribution in [0.3, 0.4) is 0 Å². The lowest BCUT2D eigenvalue weighted by Gasteiger charge is -2.19. The Labute approximate surface area is 145 Å². The van der Waals surface area contributed by atoms with Gasteiger partial charge in [0.05, 0.1) is 18.0 Å². The number of unbranched alkanes of at least 4 members (excludes halogenated alkanes) is 1. The van der Waals surface area contributed by atoms with Gasteiger partial charge in [0.2, 0.25) is 15.9 Å². The standard InChI is InChI=1S/C17H28N2O4S/c1-5-6-12-19(24(4,21)22)13-11-17(20)18-15-9-7-8-10-16(15)23-14(2)3/h7-10,14H,5-6,11-13H2,1-4H3,(H,18,20). The first kappa shape index (κ1) is 20.4. The third-order valence-corrected chi connectivity index (χ3v) is 4.65. The maximum Gasteiger partial charge on any atom is 0.225 e. The van der Waals surface area contributed by atoms with Gasteiger partial charge in [-0.05, 0) is 32.4 Å². The van der Waals surface area contributed by atoms with Crippen LogP contribution >= 0.6 is 0 Å². The molecule has 0 saturated carbocycles. The van der Waals surface area contributed by atoms with E-state index in [9.17, 15) is 13.2 Å². The van der Waals surface area contributed by atoms with E-state index in [1.54, 1.807) is 12.1 Å². The van der Waals surface area contributed by atoms with Crippen molar-refractivity contribution in [3.05, 3.63) is 24.3 Å². The molecule has 0 aromatic heterocycles. The lowest BCUT2D eigenvalue weighted by atomic mass is 10.2. The molecule has 136 valence electrons. The van der Waals surface area contributed by atoms with Gasteiger partial charge in [-0.2, -0.15) is 0 Å². The van der Waals surface area contributed by atoms with Crippen LogP contribution < -0.4 is 10.1 Å². The van der Waals surface area contributed by atoms with Gasteiger partial charge in [-0.1, -0.05) is 25.5 Å². The minimum absolute atomic E-state index is 0.00202. The zero-order chi connectivity index (χ0) is 18.2. The fourth-order valence-corrected chi connectivity index (χ4v) is 3.03. The number of rotatable bonds is 10. The molecule has 1 aromatic rings. The summed E-state index contributed by atoms with van der Waals surface area (Å²) in [5.74, 6) is 0.367. The minimum atomic E-state index is -3.30. The first-order valence-electron chi connectivity index (χ1n) is 8.24. The van der Waals surface area contributed by atoms with Crippen LogP contribution in [0, 0.1) is 0 Å². The highest BCUT2D eigenvalue weighted by Crippen LogP contribution is 2.25. The number of carbonyl (C=O) groups excluding carboxylic acids is 1. The van der Waals surface area contributed by atoms with Crippen LogP contribution in [-0.2, 0) is 14.8 Å². The second-order valence-electron chi connectivity index (χ2n) is 5.98. The van der Waals surface area contributed by atoms with Gasteiger partial charge in [0, 0.05) is 19.5 Å². The number of sulfonamides is 1. The van der Waals surface area contributed by atoms with Gasteiger partial charge < -0.3 is 10.1 Å². The number of nitrogens with zero attached hydrogens (tertiary/aromatic N) is 1. The van der Waals surface area contributed by atoms with Gasteiger partial charge in [-0.25, -0.2) is 12.7 Å². The zero-order valence-electron chi connectivity index (χ0n) is 14.9. The van der Waals surface area contributed by atoms with E-state index in [4.69, 9.17) is 4.74 Å². The van der Waals surface area contributed by atoms with Crippen molar-refractivity contribution in [2.45, 2.75) is 46.1 Å². The second kappa shape index (κ2) is 9.64. The first-order chi connectivity index (χ1) is 11.2. The maximum atomic E-state index is 12.2. The maximum absolute atomic E-state index is 12.2.